The number of aliphatic carboxylic acids is 1. The fourth-order valence-electron chi connectivity index (χ4n) is 2.66. The number of carboxylic acids is 1. The number of nitrogens with zero attached hydrogens (tertiary/aromatic N) is 2. The Hall–Kier alpha value is -1.60. The maximum absolute atomic E-state index is 11.0. The molecular weight excluding hydrogens is 306 g/mol. The van der Waals surface area contributed by atoms with Crippen molar-refractivity contribution in [3.63, 3.8) is 0 Å². The lowest BCUT2D eigenvalue weighted by molar-refractivity contribution is -0.137. The molecular formula is C14H13N3O2S2. The van der Waals surface area contributed by atoms with Gasteiger partial charge in [0.05, 0.1) is 10.2 Å². The molecule has 5 nitrogen and oxygen atoms in total. The molecule has 0 spiro atoms. The number of hydrogen-bond donors (Lipinski definition) is 2. The number of carboxylic acid groups (broad SMARTS) is 1. The van der Waals surface area contributed by atoms with Crippen LogP contribution in [0, 0.1) is 0 Å². The summed E-state index contributed by atoms with van der Waals surface area (Å²) in [7, 11) is 0. The number of aliphatic imine (C=N–C) groups is 1. The first kappa shape index (κ1) is 13.1. The second kappa shape index (κ2) is 4.99. The topological polar surface area (TPSA) is 74.6 Å². The molecule has 0 saturated heterocycles. The Morgan fingerprint density at radius 1 is 1.43 bits per heavy atom. The van der Waals surface area contributed by atoms with Crippen molar-refractivity contribution in [3.8, 4) is 0 Å². The van der Waals surface area contributed by atoms with Gasteiger partial charge in [0.25, 0.3) is 0 Å². The predicted molar refractivity (Wildman–Crippen MR) is 86.8 cm³/mol. The van der Waals surface area contributed by atoms with Crippen LogP contribution in [0.3, 0.4) is 0 Å². The summed E-state index contributed by atoms with van der Waals surface area (Å²) < 4.78 is 1.21. The molecule has 2 aliphatic heterocycles. The molecule has 1 aromatic heterocycles. The number of aryl methyl sites for hydroxylation is 1. The van der Waals surface area contributed by atoms with E-state index < -0.39 is 12.0 Å². The number of nitrogens with one attached hydrogen (secondary N) is 1. The van der Waals surface area contributed by atoms with Gasteiger partial charge in [-0.1, -0.05) is 0 Å². The van der Waals surface area contributed by atoms with E-state index in [-0.39, 0.29) is 0 Å². The van der Waals surface area contributed by atoms with Crippen LogP contribution in [-0.4, -0.2) is 39.4 Å². The smallest absolute Gasteiger partial charge is 0.329 e. The molecule has 0 aliphatic carbocycles. The second-order valence-corrected chi connectivity index (χ2v) is 7.10. The van der Waals surface area contributed by atoms with Crippen LogP contribution in [0.25, 0.3) is 10.2 Å². The average Bonchev–Trinajstić information content (AvgIpc) is 3.13. The zero-order valence-corrected chi connectivity index (χ0v) is 12.8. The highest BCUT2D eigenvalue weighted by atomic mass is 32.2. The zero-order valence-electron chi connectivity index (χ0n) is 11.1. The minimum Gasteiger partial charge on any atom is -0.480 e. The number of aromatic nitrogens is 1. The van der Waals surface area contributed by atoms with E-state index in [2.05, 4.69) is 21.4 Å². The second-order valence-electron chi connectivity index (χ2n) is 5.09. The van der Waals surface area contributed by atoms with E-state index in [4.69, 9.17) is 5.11 Å². The first-order valence-electron chi connectivity index (χ1n) is 6.82. The lowest BCUT2D eigenvalue weighted by Crippen LogP contribution is -2.17. The molecule has 4 rings (SSSR count). The highest BCUT2D eigenvalue weighted by Gasteiger charge is 2.27. The van der Waals surface area contributed by atoms with Crippen LogP contribution in [0.5, 0.6) is 0 Å². The van der Waals surface area contributed by atoms with Gasteiger partial charge in [-0.3, -0.25) is 4.99 Å². The van der Waals surface area contributed by atoms with Crippen LogP contribution < -0.4 is 5.32 Å². The first-order chi connectivity index (χ1) is 10.2. The number of thiazole rings is 1. The Labute approximate surface area is 129 Å². The number of hydrogen-bond acceptors (Lipinski definition) is 6. The molecule has 0 radical (unpaired) electrons. The van der Waals surface area contributed by atoms with E-state index in [1.165, 1.54) is 27.7 Å². The molecule has 1 unspecified atom stereocenters. The monoisotopic (exact) mass is 319 g/mol. The van der Waals surface area contributed by atoms with Gasteiger partial charge in [0.2, 0.25) is 0 Å². The van der Waals surface area contributed by atoms with Gasteiger partial charge in [0, 0.05) is 18.0 Å². The molecule has 0 amide bonds. The Kier molecular flexibility index (Phi) is 3.11. The van der Waals surface area contributed by atoms with Crippen molar-refractivity contribution in [3.05, 3.63) is 22.7 Å². The van der Waals surface area contributed by atoms with E-state index in [9.17, 15) is 4.79 Å². The van der Waals surface area contributed by atoms with Crippen molar-refractivity contribution in [2.75, 3.05) is 17.6 Å². The van der Waals surface area contributed by atoms with Gasteiger partial charge in [-0.2, -0.15) is 0 Å². The van der Waals surface area contributed by atoms with Crippen molar-refractivity contribution in [2.24, 2.45) is 4.99 Å². The lowest BCUT2D eigenvalue weighted by atomic mass is 10.0. The van der Waals surface area contributed by atoms with E-state index in [0.29, 0.717) is 5.75 Å². The van der Waals surface area contributed by atoms with Crippen molar-refractivity contribution in [1.29, 1.82) is 0 Å². The number of fused-ring (bicyclic) bond motifs is 3. The summed E-state index contributed by atoms with van der Waals surface area (Å²) in [6.45, 7) is 1.02. The van der Waals surface area contributed by atoms with Gasteiger partial charge in [-0.05, 0) is 30.5 Å². The van der Waals surface area contributed by atoms with Crippen molar-refractivity contribution < 1.29 is 9.90 Å². The van der Waals surface area contributed by atoms with Gasteiger partial charge < -0.3 is 10.4 Å². The summed E-state index contributed by atoms with van der Waals surface area (Å²) in [6.07, 6.45) is 2.20. The van der Waals surface area contributed by atoms with Crippen LogP contribution in [0.2, 0.25) is 0 Å². The largest absolute Gasteiger partial charge is 0.480 e. The molecule has 1 aromatic carbocycles. The minimum atomic E-state index is -0.861. The molecule has 2 N–H and O–H groups in total. The van der Waals surface area contributed by atoms with Crippen LogP contribution in [-0.2, 0) is 11.2 Å². The van der Waals surface area contributed by atoms with Crippen LogP contribution in [0.4, 0.5) is 5.69 Å². The molecule has 0 fully saturated rings. The predicted octanol–water partition coefficient (Wildman–Crippen LogP) is 2.60. The average molecular weight is 319 g/mol. The third kappa shape index (κ3) is 2.20. The summed E-state index contributed by atoms with van der Waals surface area (Å²) in [5, 5.41) is 14.1. The summed E-state index contributed by atoms with van der Waals surface area (Å²) in [4.78, 5) is 19.9. The maximum atomic E-state index is 11.0. The van der Waals surface area contributed by atoms with Crippen molar-refractivity contribution in [1.82, 2.24) is 4.98 Å². The summed E-state index contributed by atoms with van der Waals surface area (Å²) in [5.74, 6) is -0.361. The highest BCUT2D eigenvalue weighted by molar-refractivity contribution is 8.15. The third-order valence-corrected chi connectivity index (χ3v) is 6.02. The molecule has 0 bridgehead atoms. The summed E-state index contributed by atoms with van der Waals surface area (Å²) in [5.41, 5.74) is 3.52. The van der Waals surface area contributed by atoms with Gasteiger partial charge in [-0.25, -0.2) is 9.78 Å². The Morgan fingerprint density at radius 2 is 2.33 bits per heavy atom. The normalized spacial score (nSPS) is 21.0. The zero-order chi connectivity index (χ0) is 14.4. The Morgan fingerprint density at radius 3 is 3.14 bits per heavy atom. The number of anilines is 1. The number of carbonyl (C=O) groups is 1. The van der Waals surface area contributed by atoms with Crippen LogP contribution in [0.1, 0.15) is 17.0 Å². The standard InChI is InChI=1S/C14H13N3O2S2/c18-14(19)10-6-20-12(17-10)13-16-9-4-3-8-7(11(9)21-13)2-1-5-15-8/h3-4,10,15H,1-2,5-6H2,(H,18,19). The van der Waals surface area contributed by atoms with Crippen LogP contribution in [0.15, 0.2) is 17.1 Å². The van der Waals surface area contributed by atoms with Crippen molar-refractivity contribution >= 4 is 50.0 Å². The molecule has 108 valence electrons. The summed E-state index contributed by atoms with van der Waals surface area (Å²) in [6, 6.07) is 3.48. The van der Waals surface area contributed by atoms with Gasteiger partial charge >= 0.3 is 5.97 Å². The molecule has 0 saturated carbocycles. The minimum absolute atomic E-state index is 0.500. The lowest BCUT2D eigenvalue weighted by Gasteiger charge is -2.17. The number of thioether (sulfide) groups is 1. The fraction of sp³-hybridized carbons (Fsp3) is 0.357. The van der Waals surface area contributed by atoms with Gasteiger partial charge in [-0.15, -0.1) is 23.1 Å². The van der Waals surface area contributed by atoms with E-state index in [1.807, 2.05) is 6.07 Å². The Balaban J connectivity index is 1.78. The molecule has 21 heavy (non-hydrogen) atoms. The van der Waals surface area contributed by atoms with Gasteiger partial charge in [0.1, 0.15) is 10.1 Å². The molecule has 2 aliphatic rings. The summed E-state index contributed by atoms with van der Waals surface area (Å²) >= 11 is 3.11. The number of rotatable bonds is 2. The number of benzene rings is 1. The SMILES string of the molecule is O=C(O)C1CSC(c2nc3ccc4c(c3s2)CCCN4)=N1. The van der Waals surface area contributed by atoms with E-state index in [0.717, 1.165) is 35.0 Å². The van der Waals surface area contributed by atoms with E-state index in [1.54, 1.807) is 11.3 Å². The fourth-order valence-corrected chi connectivity index (χ4v) is 4.89. The first-order valence-corrected chi connectivity index (χ1v) is 8.62. The molecule has 1 atom stereocenters. The molecule has 2 aromatic rings. The van der Waals surface area contributed by atoms with E-state index >= 15 is 0 Å². The maximum Gasteiger partial charge on any atom is 0.329 e. The quantitative estimate of drug-likeness (QED) is 0.890. The third-order valence-electron chi connectivity index (χ3n) is 3.70. The Bertz CT molecular complexity index is 769. The van der Waals surface area contributed by atoms with Crippen LogP contribution >= 0.6 is 23.1 Å². The van der Waals surface area contributed by atoms with Gasteiger partial charge in [0.15, 0.2) is 6.04 Å². The van der Waals surface area contributed by atoms with Crippen molar-refractivity contribution in [2.45, 2.75) is 18.9 Å². The highest BCUT2D eigenvalue weighted by Crippen LogP contribution is 2.36. The molecule has 7 heteroatoms. The molecule has 3 heterocycles.